The van der Waals surface area contributed by atoms with Gasteiger partial charge in [0, 0.05) is 42.7 Å². The van der Waals surface area contributed by atoms with E-state index in [1.807, 2.05) is 18.2 Å². The molecule has 3 aromatic rings. The van der Waals surface area contributed by atoms with E-state index in [-0.39, 0.29) is 6.04 Å². The van der Waals surface area contributed by atoms with Crippen LogP contribution < -0.4 is 15.2 Å². The molecule has 4 rings (SSSR count). The minimum absolute atomic E-state index is 0.0120. The van der Waals surface area contributed by atoms with Gasteiger partial charge in [0.15, 0.2) is 0 Å². The third-order valence-corrected chi connectivity index (χ3v) is 5.55. The van der Waals surface area contributed by atoms with Crippen molar-refractivity contribution >= 4 is 28.5 Å². The number of benzene rings is 2. The summed E-state index contributed by atoms with van der Waals surface area (Å²) in [4.78, 5) is 15.8. The molecule has 0 aliphatic carbocycles. The van der Waals surface area contributed by atoms with Gasteiger partial charge in [-0.1, -0.05) is 35.9 Å². The fourth-order valence-electron chi connectivity index (χ4n) is 3.83. The highest BCUT2D eigenvalue weighted by Gasteiger charge is 2.38. The first-order valence-corrected chi connectivity index (χ1v) is 10.5. The van der Waals surface area contributed by atoms with E-state index in [9.17, 15) is 13.2 Å². The quantitative estimate of drug-likeness (QED) is 0.510. The summed E-state index contributed by atoms with van der Waals surface area (Å²) in [5.41, 5.74) is 10.7. The highest BCUT2D eigenvalue weighted by atomic mass is 35.5. The van der Waals surface area contributed by atoms with Gasteiger partial charge in [0.2, 0.25) is 0 Å². The molecule has 0 spiro atoms. The van der Waals surface area contributed by atoms with E-state index < -0.39 is 12.1 Å². The lowest BCUT2D eigenvalue weighted by atomic mass is 9.95. The molecule has 34 heavy (non-hydrogen) atoms. The van der Waals surface area contributed by atoms with E-state index in [2.05, 4.69) is 28.1 Å². The van der Waals surface area contributed by atoms with Crippen molar-refractivity contribution in [1.82, 2.24) is 9.88 Å². The van der Waals surface area contributed by atoms with Gasteiger partial charge in [-0.25, -0.2) is 9.78 Å². The van der Waals surface area contributed by atoms with Crippen LogP contribution in [0.4, 0.5) is 13.2 Å². The second-order valence-corrected chi connectivity index (χ2v) is 7.95. The van der Waals surface area contributed by atoms with Gasteiger partial charge in [0.05, 0.1) is 19.7 Å². The molecule has 2 heterocycles. The van der Waals surface area contributed by atoms with Crippen LogP contribution in [0.5, 0.6) is 11.5 Å². The van der Waals surface area contributed by atoms with Gasteiger partial charge in [0.1, 0.15) is 16.7 Å². The number of methoxy groups -OCH3 is 2. The molecule has 0 saturated heterocycles. The van der Waals surface area contributed by atoms with Gasteiger partial charge in [-0.2, -0.15) is 13.2 Å². The molecule has 0 amide bonds. The summed E-state index contributed by atoms with van der Waals surface area (Å²) in [5, 5.41) is 8.49. The second kappa shape index (κ2) is 10.5. The van der Waals surface area contributed by atoms with Crippen molar-refractivity contribution in [1.29, 1.82) is 0 Å². The highest BCUT2D eigenvalue weighted by Crippen LogP contribution is 2.37. The topological polar surface area (TPSA) is 97.9 Å². The molecule has 1 atom stereocenters. The largest absolute Gasteiger partial charge is 0.496 e. The van der Waals surface area contributed by atoms with E-state index >= 15 is 0 Å². The third-order valence-electron chi connectivity index (χ3n) is 5.34. The molecular formula is C23H23ClF3N3O4. The van der Waals surface area contributed by atoms with Gasteiger partial charge in [-0.3, -0.25) is 4.90 Å². The van der Waals surface area contributed by atoms with Crippen molar-refractivity contribution in [3.05, 3.63) is 64.3 Å². The van der Waals surface area contributed by atoms with E-state index in [1.54, 1.807) is 20.3 Å². The van der Waals surface area contributed by atoms with Crippen LogP contribution in [0, 0.1) is 0 Å². The van der Waals surface area contributed by atoms with Crippen LogP contribution in [0.25, 0.3) is 10.9 Å². The number of halogens is 4. The van der Waals surface area contributed by atoms with Crippen molar-refractivity contribution < 1.29 is 32.5 Å². The molecule has 0 bridgehead atoms. The minimum atomic E-state index is -5.08. The number of alkyl halides is 3. The van der Waals surface area contributed by atoms with Crippen molar-refractivity contribution in [2.24, 2.45) is 5.73 Å². The lowest BCUT2D eigenvalue weighted by molar-refractivity contribution is -0.192. The molecule has 182 valence electrons. The number of carbonyl (C=O) groups is 1. The summed E-state index contributed by atoms with van der Waals surface area (Å²) >= 11 is 6.19. The fourth-order valence-corrected chi connectivity index (χ4v) is 3.98. The Morgan fingerprint density at radius 2 is 1.85 bits per heavy atom. The Hall–Kier alpha value is -3.08. The van der Waals surface area contributed by atoms with Crippen LogP contribution in [-0.2, 0) is 17.9 Å². The maximum Gasteiger partial charge on any atom is 0.490 e. The number of nitrogens with two attached hydrogens (primary N) is 1. The SMILES string of the molecule is COc1cc(OC)c2ccc(Cl)nc2c1CN1Cc2ccccc2C(N)C1.O=C(O)C(F)(F)F. The number of fused-ring (bicyclic) bond motifs is 2. The zero-order chi connectivity index (χ0) is 25.0. The summed E-state index contributed by atoms with van der Waals surface area (Å²) in [6, 6.07) is 14.0. The van der Waals surface area contributed by atoms with Crippen molar-refractivity contribution in [3.8, 4) is 11.5 Å². The Balaban J connectivity index is 0.000000406. The monoisotopic (exact) mass is 497 g/mol. The van der Waals surface area contributed by atoms with Crippen LogP contribution in [0.1, 0.15) is 22.7 Å². The molecule has 1 unspecified atom stereocenters. The van der Waals surface area contributed by atoms with E-state index in [0.717, 1.165) is 41.1 Å². The van der Waals surface area contributed by atoms with Crippen molar-refractivity contribution in [3.63, 3.8) is 0 Å². The van der Waals surface area contributed by atoms with Gasteiger partial charge < -0.3 is 20.3 Å². The summed E-state index contributed by atoms with van der Waals surface area (Å²) in [6.07, 6.45) is -5.08. The standard InChI is InChI=1S/C21H22ClN3O2.C2HF3O2/c1-26-18-9-19(27-2)16(21-15(18)7-8-20(22)24-21)11-25-10-13-5-3-4-6-14(13)17(23)12-25;3-2(4,5)1(6)7/h3-9,17H,10-12,23H2,1-2H3;(H,6,7). The molecule has 3 N–H and O–H groups in total. The highest BCUT2D eigenvalue weighted by molar-refractivity contribution is 6.29. The molecule has 7 nitrogen and oxygen atoms in total. The second-order valence-electron chi connectivity index (χ2n) is 7.57. The average Bonchev–Trinajstić information content (AvgIpc) is 2.79. The fraction of sp³-hybridized carbons (Fsp3) is 0.304. The Kier molecular flexibility index (Phi) is 7.86. The molecule has 0 radical (unpaired) electrons. The van der Waals surface area contributed by atoms with Crippen LogP contribution >= 0.6 is 11.6 Å². The number of aromatic nitrogens is 1. The molecular weight excluding hydrogens is 475 g/mol. The predicted molar refractivity (Wildman–Crippen MR) is 121 cm³/mol. The summed E-state index contributed by atoms with van der Waals surface area (Å²) < 4.78 is 42.9. The maximum atomic E-state index is 10.6. The first kappa shape index (κ1) is 25.5. The molecule has 0 saturated carbocycles. The van der Waals surface area contributed by atoms with Crippen LogP contribution in [0.3, 0.4) is 0 Å². The number of hydrogen-bond donors (Lipinski definition) is 2. The average molecular weight is 498 g/mol. The molecule has 1 aliphatic heterocycles. The lowest BCUT2D eigenvalue weighted by Gasteiger charge is -2.33. The number of carboxylic acid groups (broad SMARTS) is 1. The number of hydrogen-bond acceptors (Lipinski definition) is 6. The van der Waals surface area contributed by atoms with Gasteiger partial charge in [0.25, 0.3) is 0 Å². The summed E-state index contributed by atoms with van der Waals surface area (Å²) in [6.45, 7) is 2.27. The Morgan fingerprint density at radius 3 is 2.47 bits per heavy atom. The zero-order valence-corrected chi connectivity index (χ0v) is 19.2. The van der Waals surface area contributed by atoms with E-state index in [4.69, 9.17) is 36.7 Å². The molecule has 1 aromatic heterocycles. The van der Waals surface area contributed by atoms with E-state index in [0.29, 0.717) is 11.7 Å². The molecule has 1 aliphatic rings. The number of pyridine rings is 1. The van der Waals surface area contributed by atoms with Crippen molar-refractivity contribution in [2.45, 2.75) is 25.3 Å². The number of nitrogens with zero attached hydrogens (tertiary/aromatic N) is 2. The van der Waals surface area contributed by atoms with Gasteiger partial charge in [-0.15, -0.1) is 0 Å². The summed E-state index contributed by atoms with van der Waals surface area (Å²) in [7, 11) is 3.30. The maximum absolute atomic E-state index is 10.6. The molecule has 11 heteroatoms. The zero-order valence-electron chi connectivity index (χ0n) is 18.4. The number of ether oxygens (including phenoxy) is 2. The van der Waals surface area contributed by atoms with Crippen LogP contribution in [0.15, 0.2) is 42.5 Å². The van der Waals surface area contributed by atoms with Gasteiger partial charge in [-0.05, 0) is 23.3 Å². The number of carboxylic acids is 1. The Bertz CT molecular complexity index is 1190. The minimum Gasteiger partial charge on any atom is -0.496 e. The van der Waals surface area contributed by atoms with E-state index in [1.165, 1.54) is 11.1 Å². The predicted octanol–water partition coefficient (Wildman–Crippen LogP) is 4.55. The molecule has 2 aromatic carbocycles. The summed E-state index contributed by atoms with van der Waals surface area (Å²) in [5.74, 6) is -1.30. The number of aliphatic carboxylic acids is 1. The normalized spacial score (nSPS) is 15.8. The Morgan fingerprint density at radius 1 is 1.21 bits per heavy atom. The Labute approximate surface area is 198 Å². The van der Waals surface area contributed by atoms with Crippen molar-refractivity contribution in [2.75, 3.05) is 20.8 Å². The molecule has 0 fully saturated rings. The van der Waals surface area contributed by atoms with Crippen LogP contribution in [0.2, 0.25) is 5.15 Å². The first-order valence-electron chi connectivity index (χ1n) is 10.1. The third kappa shape index (κ3) is 5.69. The van der Waals surface area contributed by atoms with Crippen LogP contribution in [-0.4, -0.2) is 47.9 Å². The van der Waals surface area contributed by atoms with Gasteiger partial charge >= 0.3 is 12.1 Å². The smallest absolute Gasteiger partial charge is 0.490 e. The first-order chi connectivity index (χ1) is 16.0. The number of rotatable bonds is 4. The lowest BCUT2D eigenvalue weighted by Crippen LogP contribution is -2.36.